The van der Waals surface area contributed by atoms with Gasteiger partial charge in [-0.2, -0.15) is 5.26 Å². The molecule has 0 spiro atoms. The summed E-state index contributed by atoms with van der Waals surface area (Å²) in [5, 5.41) is 14.3. The molecule has 2 fully saturated rings. The molecule has 2 saturated carbocycles. The number of nitriles is 1. The zero-order valence-electron chi connectivity index (χ0n) is 24.3. The molecule has 0 radical (unpaired) electrons. The lowest BCUT2D eigenvalue weighted by atomic mass is 9.63. The minimum absolute atomic E-state index is 0.0382. The topological polar surface area (TPSA) is 65.4 Å². The van der Waals surface area contributed by atoms with Crippen LogP contribution in [0.4, 0.5) is 5.69 Å². The standard InChI is InChI=1S/C35H43N3O2/c1-5-8-11-29-19-26-20-30(40-4)13-15-31(26)34(38(29)33(39)7-3)32-14-12-28(18-27(32)23-36)37-35-16-9-10-25(22-35)17-24(6-2)21-35/h3,12-15,18,20,24-25,29,34,37H,5-6,8-11,16-17,19,21-22H2,1-2,4H3/t24?,25?,29-,34+,35?/m0/s1. The fourth-order valence-corrected chi connectivity index (χ4v) is 7.95. The average molecular weight is 538 g/mol. The van der Waals surface area contributed by atoms with Crippen molar-refractivity contribution >= 4 is 11.6 Å². The van der Waals surface area contributed by atoms with Crippen molar-refractivity contribution in [2.24, 2.45) is 11.8 Å². The lowest BCUT2D eigenvalue weighted by molar-refractivity contribution is -0.130. The van der Waals surface area contributed by atoms with Crippen molar-refractivity contribution < 1.29 is 9.53 Å². The number of methoxy groups -OCH3 is 1. The molecule has 1 aliphatic heterocycles. The van der Waals surface area contributed by atoms with Gasteiger partial charge in [0.15, 0.2) is 0 Å². The number of fused-ring (bicyclic) bond motifs is 3. The van der Waals surface area contributed by atoms with E-state index in [2.05, 4.69) is 49.4 Å². The van der Waals surface area contributed by atoms with Crippen LogP contribution in [0.5, 0.6) is 5.75 Å². The lowest BCUT2D eigenvalue weighted by Crippen LogP contribution is -2.48. The molecule has 2 aromatic rings. The van der Waals surface area contributed by atoms with Crippen molar-refractivity contribution in [3.8, 4) is 24.2 Å². The van der Waals surface area contributed by atoms with Crippen LogP contribution in [0.15, 0.2) is 36.4 Å². The molecule has 0 saturated heterocycles. The van der Waals surface area contributed by atoms with E-state index in [0.717, 1.165) is 65.6 Å². The predicted molar refractivity (Wildman–Crippen MR) is 160 cm³/mol. The molecule has 210 valence electrons. The number of carbonyl (C=O) groups excluding carboxylic acids is 1. The second kappa shape index (κ2) is 12.0. The first-order chi connectivity index (χ1) is 19.4. The molecule has 1 heterocycles. The molecular formula is C35H43N3O2. The number of nitrogens with one attached hydrogen (secondary N) is 1. The van der Waals surface area contributed by atoms with Gasteiger partial charge in [0.05, 0.1) is 24.8 Å². The minimum Gasteiger partial charge on any atom is -0.497 e. The van der Waals surface area contributed by atoms with Gasteiger partial charge in [-0.1, -0.05) is 58.1 Å². The average Bonchev–Trinajstić information content (AvgIpc) is 2.98. The highest BCUT2D eigenvalue weighted by Gasteiger charge is 2.43. The molecule has 2 aromatic carbocycles. The van der Waals surface area contributed by atoms with Crippen LogP contribution in [0.1, 0.15) is 106 Å². The zero-order chi connectivity index (χ0) is 28.3. The monoisotopic (exact) mass is 537 g/mol. The van der Waals surface area contributed by atoms with E-state index in [1.54, 1.807) is 7.11 Å². The normalized spacial score (nSPS) is 27.2. The fraction of sp³-hybridized carbons (Fsp3) is 0.543. The van der Waals surface area contributed by atoms with E-state index in [4.69, 9.17) is 11.2 Å². The Morgan fingerprint density at radius 1 is 1.20 bits per heavy atom. The third kappa shape index (κ3) is 5.44. The number of ether oxygens (including phenoxy) is 1. The van der Waals surface area contributed by atoms with Crippen molar-refractivity contribution in [3.05, 3.63) is 58.7 Å². The molecule has 1 N–H and O–H groups in total. The van der Waals surface area contributed by atoms with E-state index in [-0.39, 0.29) is 17.5 Å². The Morgan fingerprint density at radius 3 is 2.75 bits per heavy atom. The van der Waals surface area contributed by atoms with Gasteiger partial charge in [-0.05, 0) is 97.2 Å². The first-order valence-electron chi connectivity index (χ1n) is 15.2. The second-order valence-electron chi connectivity index (χ2n) is 12.3. The van der Waals surface area contributed by atoms with Gasteiger partial charge in [-0.25, -0.2) is 0 Å². The molecular weight excluding hydrogens is 494 g/mol. The van der Waals surface area contributed by atoms with Crippen molar-refractivity contribution in [2.45, 2.75) is 102 Å². The number of hydrogen-bond donors (Lipinski definition) is 1. The van der Waals surface area contributed by atoms with Gasteiger partial charge in [-0.3, -0.25) is 4.79 Å². The first-order valence-corrected chi connectivity index (χ1v) is 15.2. The molecule has 5 heteroatoms. The third-order valence-electron chi connectivity index (χ3n) is 9.77. The van der Waals surface area contributed by atoms with Gasteiger partial charge in [0, 0.05) is 17.3 Å². The summed E-state index contributed by atoms with van der Waals surface area (Å²) in [5.74, 6) is 4.44. The number of unbranched alkanes of at least 4 members (excludes halogenated alkanes) is 1. The number of terminal acetylenes is 1. The molecule has 2 aliphatic carbocycles. The number of anilines is 1. The van der Waals surface area contributed by atoms with Gasteiger partial charge in [-0.15, -0.1) is 6.42 Å². The van der Waals surface area contributed by atoms with E-state index in [9.17, 15) is 10.1 Å². The van der Waals surface area contributed by atoms with Crippen LogP contribution in [-0.4, -0.2) is 29.5 Å². The Morgan fingerprint density at radius 2 is 2.02 bits per heavy atom. The van der Waals surface area contributed by atoms with Crippen LogP contribution in [0.2, 0.25) is 0 Å². The van der Waals surface area contributed by atoms with Crippen molar-refractivity contribution in [1.82, 2.24) is 4.90 Å². The van der Waals surface area contributed by atoms with Crippen LogP contribution in [0.3, 0.4) is 0 Å². The Kier molecular flexibility index (Phi) is 8.41. The molecule has 3 unspecified atom stereocenters. The Labute approximate surface area is 240 Å². The van der Waals surface area contributed by atoms with E-state index in [0.29, 0.717) is 5.56 Å². The van der Waals surface area contributed by atoms with Crippen LogP contribution in [0.25, 0.3) is 0 Å². The summed E-state index contributed by atoms with van der Waals surface area (Å²) in [6, 6.07) is 14.2. The Hall–Kier alpha value is -3.44. The van der Waals surface area contributed by atoms with E-state index in [1.807, 2.05) is 23.1 Å². The van der Waals surface area contributed by atoms with Crippen LogP contribution in [0, 0.1) is 35.5 Å². The smallest absolute Gasteiger partial charge is 0.299 e. The predicted octanol–water partition coefficient (Wildman–Crippen LogP) is 7.39. The van der Waals surface area contributed by atoms with E-state index < -0.39 is 6.04 Å². The summed E-state index contributed by atoms with van der Waals surface area (Å²) in [4.78, 5) is 15.2. The Balaban J connectivity index is 1.55. The van der Waals surface area contributed by atoms with Gasteiger partial charge in [0.1, 0.15) is 5.75 Å². The quantitative estimate of drug-likeness (QED) is 0.357. The molecule has 5 rings (SSSR count). The molecule has 3 aliphatic rings. The molecule has 5 nitrogen and oxygen atoms in total. The number of rotatable bonds is 8. The summed E-state index contributed by atoms with van der Waals surface area (Å²) in [6.45, 7) is 4.48. The summed E-state index contributed by atoms with van der Waals surface area (Å²) >= 11 is 0. The summed E-state index contributed by atoms with van der Waals surface area (Å²) in [5.41, 5.74) is 4.70. The summed E-state index contributed by atoms with van der Waals surface area (Å²) in [7, 11) is 1.67. The van der Waals surface area contributed by atoms with E-state index in [1.165, 1.54) is 44.9 Å². The molecule has 40 heavy (non-hydrogen) atoms. The van der Waals surface area contributed by atoms with Crippen LogP contribution in [-0.2, 0) is 11.2 Å². The third-order valence-corrected chi connectivity index (χ3v) is 9.77. The van der Waals surface area contributed by atoms with Crippen LogP contribution < -0.4 is 10.1 Å². The van der Waals surface area contributed by atoms with Crippen LogP contribution >= 0.6 is 0 Å². The molecule has 1 amide bonds. The SMILES string of the molecule is C#CC(=O)N1[C@@H](CCCC)Cc2cc(OC)ccc2[C@@H]1c1ccc(NC23CCCC(CC(CC)C2)C3)cc1C#N. The van der Waals surface area contributed by atoms with Crippen molar-refractivity contribution in [2.75, 3.05) is 12.4 Å². The fourth-order valence-electron chi connectivity index (χ4n) is 7.95. The van der Waals surface area contributed by atoms with Gasteiger partial charge in [0.2, 0.25) is 0 Å². The minimum atomic E-state index is -0.417. The lowest BCUT2D eigenvalue weighted by Gasteiger charge is -2.49. The maximum atomic E-state index is 13.3. The highest BCUT2D eigenvalue weighted by atomic mass is 16.5. The molecule has 5 atom stereocenters. The Bertz CT molecular complexity index is 1320. The van der Waals surface area contributed by atoms with Crippen molar-refractivity contribution in [3.63, 3.8) is 0 Å². The zero-order valence-corrected chi connectivity index (χ0v) is 24.3. The maximum Gasteiger partial charge on any atom is 0.299 e. The summed E-state index contributed by atoms with van der Waals surface area (Å²) < 4.78 is 5.54. The molecule has 0 aromatic heterocycles. The van der Waals surface area contributed by atoms with Gasteiger partial charge in [0.25, 0.3) is 5.91 Å². The number of nitrogens with zero attached hydrogens (tertiary/aromatic N) is 2. The summed E-state index contributed by atoms with van der Waals surface area (Å²) in [6.07, 6.45) is 18.1. The molecule has 2 bridgehead atoms. The highest BCUT2D eigenvalue weighted by Crippen LogP contribution is 2.48. The number of benzene rings is 2. The largest absolute Gasteiger partial charge is 0.497 e. The van der Waals surface area contributed by atoms with Gasteiger partial charge >= 0.3 is 0 Å². The van der Waals surface area contributed by atoms with E-state index >= 15 is 0 Å². The number of amides is 1. The van der Waals surface area contributed by atoms with Gasteiger partial charge < -0.3 is 15.0 Å². The first kappa shape index (κ1) is 28.1. The number of carbonyl (C=O) groups is 1. The van der Waals surface area contributed by atoms with Crippen molar-refractivity contribution in [1.29, 1.82) is 5.26 Å². The number of hydrogen-bond acceptors (Lipinski definition) is 4. The second-order valence-corrected chi connectivity index (χ2v) is 12.3. The maximum absolute atomic E-state index is 13.3. The highest BCUT2D eigenvalue weighted by molar-refractivity contribution is 5.94.